The summed E-state index contributed by atoms with van der Waals surface area (Å²) in [6.45, 7) is 2.32. The average molecular weight is 215 g/mol. The molecule has 4 nitrogen and oxygen atoms in total. The number of nitrogens with zero attached hydrogens (tertiary/aromatic N) is 2. The molecule has 4 heteroatoms. The van der Waals surface area contributed by atoms with Gasteiger partial charge < -0.3 is 10.5 Å². The topological polar surface area (TPSA) is 61.0 Å². The highest BCUT2D eigenvalue weighted by molar-refractivity contribution is 5.34. The summed E-state index contributed by atoms with van der Waals surface area (Å²) in [5.74, 6) is 0.704. The van der Waals surface area contributed by atoms with E-state index in [-0.39, 0.29) is 0 Å². The zero-order valence-electron chi connectivity index (χ0n) is 9.05. The zero-order valence-corrected chi connectivity index (χ0v) is 9.05. The van der Waals surface area contributed by atoms with Gasteiger partial charge in [-0.25, -0.2) is 9.97 Å². The van der Waals surface area contributed by atoms with Crippen LogP contribution < -0.4 is 10.5 Å². The van der Waals surface area contributed by atoms with Crippen molar-refractivity contribution < 1.29 is 4.74 Å². The largest absolute Gasteiger partial charge is 0.424 e. The third kappa shape index (κ3) is 2.35. The van der Waals surface area contributed by atoms with Crippen LogP contribution in [0.25, 0.3) is 0 Å². The summed E-state index contributed by atoms with van der Waals surface area (Å²) in [5, 5.41) is 0. The first-order valence-electron chi connectivity index (χ1n) is 5.05. The first-order valence-corrected chi connectivity index (χ1v) is 5.05. The Morgan fingerprint density at radius 1 is 1.25 bits per heavy atom. The molecule has 0 bridgehead atoms. The number of rotatable bonds is 3. The van der Waals surface area contributed by atoms with Crippen LogP contribution in [-0.2, 0) is 6.54 Å². The summed E-state index contributed by atoms with van der Waals surface area (Å²) in [5.41, 5.74) is 7.42. The first kappa shape index (κ1) is 10.6. The number of aryl methyl sites for hydroxylation is 1. The van der Waals surface area contributed by atoms with Crippen molar-refractivity contribution in [3.63, 3.8) is 0 Å². The molecule has 1 aromatic heterocycles. The minimum absolute atomic E-state index is 0.348. The van der Waals surface area contributed by atoms with Gasteiger partial charge in [-0.3, -0.25) is 0 Å². The number of para-hydroxylation sites is 1. The molecule has 2 rings (SSSR count). The SMILES string of the molecule is Cc1ccnc(Oc2ccccc2CN)n1. The maximum absolute atomic E-state index is 5.61. The van der Waals surface area contributed by atoms with Crippen molar-refractivity contribution in [2.24, 2.45) is 5.73 Å². The lowest BCUT2D eigenvalue weighted by Gasteiger charge is -2.07. The Morgan fingerprint density at radius 2 is 2.06 bits per heavy atom. The summed E-state index contributed by atoms with van der Waals surface area (Å²) < 4.78 is 5.58. The molecule has 0 atom stereocenters. The highest BCUT2D eigenvalue weighted by Gasteiger charge is 2.04. The smallest absolute Gasteiger partial charge is 0.322 e. The average Bonchev–Trinajstić information content (AvgIpc) is 2.30. The molecule has 1 heterocycles. The van der Waals surface area contributed by atoms with Crippen LogP contribution in [0.15, 0.2) is 36.5 Å². The lowest BCUT2D eigenvalue weighted by Crippen LogP contribution is -2.00. The minimum Gasteiger partial charge on any atom is -0.424 e. The zero-order chi connectivity index (χ0) is 11.4. The van der Waals surface area contributed by atoms with Crippen LogP contribution in [0.2, 0.25) is 0 Å². The van der Waals surface area contributed by atoms with E-state index in [0.29, 0.717) is 18.3 Å². The third-order valence-electron chi connectivity index (χ3n) is 2.17. The van der Waals surface area contributed by atoms with E-state index >= 15 is 0 Å². The second kappa shape index (κ2) is 4.72. The minimum atomic E-state index is 0.348. The van der Waals surface area contributed by atoms with Gasteiger partial charge >= 0.3 is 6.01 Å². The van der Waals surface area contributed by atoms with E-state index in [0.717, 1.165) is 11.3 Å². The van der Waals surface area contributed by atoms with Crippen LogP contribution in [-0.4, -0.2) is 9.97 Å². The molecule has 0 saturated heterocycles. The van der Waals surface area contributed by atoms with E-state index in [4.69, 9.17) is 10.5 Å². The summed E-state index contributed by atoms with van der Waals surface area (Å²) in [6.07, 6.45) is 1.67. The monoisotopic (exact) mass is 215 g/mol. The molecule has 0 aliphatic heterocycles. The standard InChI is InChI=1S/C12H13N3O/c1-9-6-7-14-12(15-9)16-11-5-3-2-4-10(11)8-13/h2-7H,8,13H2,1H3. The van der Waals surface area contributed by atoms with Gasteiger partial charge in [-0.1, -0.05) is 18.2 Å². The molecule has 16 heavy (non-hydrogen) atoms. The molecule has 1 aromatic carbocycles. The van der Waals surface area contributed by atoms with Gasteiger partial charge in [0.25, 0.3) is 0 Å². The Kier molecular flexibility index (Phi) is 3.12. The van der Waals surface area contributed by atoms with E-state index in [9.17, 15) is 0 Å². The lowest BCUT2D eigenvalue weighted by atomic mass is 10.2. The van der Waals surface area contributed by atoms with Crippen molar-refractivity contribution in [1.82, 2.24) is 9.97 Å². The predicted molar refractivity (Wildman–Crippen MR) is 61.2 cm³/mol. The fraction of sp³-hybridized carbons (Fsp3) is 0.167. The molecule has 2 aromatic rings. The van der Waals surface area contributed by atoms with Gasteiger partial charge in [-0.2, -0.15) is 0 Å². The van der Waals surface area contributed by atoms with Gasteiger partial charge in [-0.15, -0.1) is 0 Å². The Bertz CT molecular complexity index is 485. The van der Waals surface area contributed by atoms with Crippen LogP contribution in [0.1, 0.15) is 11.3 Å². The Labute approximate surface area is 94.1 Å². The molecule has 82 valence electrons. The van der Waals surface area contributed by atoms with Crippen molar-refractivity contribution in [2.75, 3.05) is 0 Å². The van der Waals surface area contributed by atoms with Crippen LogP contribution in [0.5, 0.6) is 11.8 Å². The number of hydrogen-bond donors (Lipinski definition) is 1. The van der Waals surface area contributed by atoms with Gasteiger partial charge in [0, 0.05) is 24.0 Å². The maximum Gasteiger partial charge on any atom is 0.322 e. The van der Waals surface area contributed by atoms with Crippen molar-refractivity contribution in [3.8, 4) is 11.8 Å². The third-order valence-corrected chi connectivity index (χ3v) is 2.17. The Balaban J connectivity index is 2.26. The molecule has 0 aliphatic carbocycles. The second-order valence-electron chi connectivity index (χ2n) is 3.39. The van der Waals surface area contributed by atoms with Crippen molar-refractivity contribution in [3.05, 3.63) is 47.8 Å². The molecule has 0 aliphatic rings. The van der Waals surface area contributed by atoms with Crippen LogP contribution in [0.4, 0.5) is 0 Å². The predicted octanol–water partition coefficient (Wildman–Crippen LogP) is 2.04. The normalized spacial score (nSPS) is 10.1. The van der Waals surface area contributed by atoms with Crippen molar-refractivity contribution >= 4 is 0 Å². The van der Waals surface area contributed by atoms with Crippen LogP contribution in [0.3, 0.4) is 0 Å². The van der Waals surface area contributed by atoms with Crippen LogP contribution >= 0.6 is 0 Å². The number of benzene rings is 1. The van der Waals surface area contributed by atoms with Gasteiger partial charge in [-0.05, 0) is 19.1 Å². The molecule has 0 spiro atoms. The molecule has 0 amide bonds. The van der Waals surface area contributed by atoms with E-state index in [1.807, 2.05) is 37.3 Å². The Morgan fingerprint density at radius 3 is 2.81 bits per heavy atom. The van der Waals surface area contributed by atoms with E-state index in [1.165, 1.54) is 0 Å². The maximum atomic E-state index is 5.61. The van der Waals surface area contributed by atoms with E-state index in [1.54, 1.807) is 6.20 Å². The quantitative estimate of drug-likeness (QED) is 0.851. The fourth-order valence-electron chi connectivity index (χ4n) is 1.35. The molecule has 0 unspecified atom stereocenters. The number of aromatic nitrogens is 2. The highest BCUT2D eigenvalue weighted by atomic mass is 16.5. The van der Waals surface area contributed by atoms with Gasteiger partial charge in [0.05, 0.1) is 0 Å². The molecular formula is C12H13N3O. The molecular weight excluding hydrogens is 202 g/mol. The molecule has 0 fully saturated rings. The Hall–Kier alpha value is -1.94. The van der Waals surface area contributed by atoms with Gasteiger partial charge in [0.15, 0.2) is 0 Å². The van der Waals surface area contributed by atoms with Crippen molar-refractivity contribution in [1.29, 1.82) is 0 Å². The van der Waals surface area contributed by atoms with E-state index in [2.05, 4.69) is 9.97 Å². The fourth-order valence-corrected chi connectivity index (χ4v) is 1.35. The highest BCUT2D eigenvalue weighted by Crippen LogP contribution is 2.21. The number of hydrogen-bond acceptors (Lipinski definition) is 4. The van der Waals surface area contributed by atoms with E-state index < -0.39 is 0 Å². The summed E-state index contributed by atoms with van der Waals surface area (Å²) in [4.78, 5) is 8.21. The number of ether oxygens (including phenoxy) is 1. The van der Waals surface area contributed by atoms with Crippen LogP contribution in [0, 0.1) is 6.92 Å². The van der Waals surface area contributed by atoms with Gasteiger partial charge in [0.2, 0.25) is 0 Å². The lowest BCUT2D eigenvalue weighted by molar-refractivity contribution is 0.435. The summed E-state index contributed by atoms with van der Waals surface area (Å²) in [6, 6.07) is 9.76. The number of nitrogens with two attached hydrogens (primary N) is 1. The van der Waals surface area contributed by atoms with Gasteiger partial charge in [0.1, 0.15) is 5.75 Å². The van der Waals surface area contributed by atoms with Crippen molar-refractivity contribution in [2.45, 2.75) is 13.5 Å². The second-order valence-corrected chi connectivity index (χ2v) is 3.39. The molecule has 0 saturated carbocycles. The summed E-state index contributed by atoms with van der Waals surface area (Å²) in [7, 11) is 0. The summed E-state index contributed by atoms with van der Waals surface area (Å²) >= 11 is 0. The molecule has 0 radical (unpaired) electrons. The first-order chi connectivity index (χ1) is 7.79. The molecule has 2 N–H and O–H groups in total.